The SMILES string of the molecule is CC/C=C(\C)[C@H]1O[C@](CC(=O)OC)(OC)C=C[C@@H]1C. The number of esters is 1. The summed E-state index contributed by atoms with van der Waals surface area (Å²) in [7, 11) is 2.90. The molecule has 1 rings (SSSR count). The van der Waals surface area contributed by atoms with Gasteiger partial charge in [-0.3, -0.25) is 4.79 Å². The lowest BCUT2D eigenvalue weighted by molar-refractivity contribution is -0.226. The average Bonchev–Trinajstić information content (AvgIpc) is 2.41. The van der Waals surface area contributed by atoms with Crippen LogP contribution in [0.5, 0.6) is 0 Å². The molecule has 0 amide bonds. The highest BCUT2D eigenvalue weighted by Gasteiger charge is 2.39. The molecule has 1 aliphatic heterocycles. The molecule has 0 unspecified atom stereocenters. The van der Waals surface area contributed by atoms with Gasteiger partial charge in [0, 0.05) is 13.0 Å². The summed E-state index contributed by atoms with van der Waals surface area (Å²) in [4.78, 5) is 11.5. The summed E-state index contributed by atoms with van der Waals surface area (Å²) < 4.78 is 16.2. The highest BCUT2D eigenvalue weighted by atomic mass is 16.7. The first-order valence-electron chi connectivity index (χ1n) is 6.63. The fourth-order valence-corrected chi connectivity index (χ4v) is 2.27. The normalized spacial score (nSPS) is 31.3. The Labute approximate surface area is 115 Å². The van der Waals surface area contributed by atoms with Gasteiger partial charge in [-0.15, -0.1) is 0 Å². The van der Waals surface area contributed by atoms with Crippen molar-refractivity contribution in [1.82, 2.24) is 0 Å². The maximum atomic E-state index is 11.5. The Bertz CT molecular complexity index is 372. The van der Waals surface area contributed by atoms with Gasteiger partial charge in [-0.05, 0) is 25.0 Å². The van der Waals surface area contributed by atoms with Gasteiger partial charge in [0.25, 0.3) is 0 Å². The van der Waals surface area contributed by atoms with Crippen molar-refractivity contribution in [2.75, 3.05) is 14.2 Å². The minimum Gasteiger partial charge on any atom is -0.469 e. The molecule has 1 heterocycles. The van der Waals surface area contributed by atoms with Gasteiger partial charge in [0.15, 0.2) is 5.79 Å². The number of rotatable bonds is 5. The van der Waals surface area contributed by atoms with Crippen molar-refractivity contribution < 1.29 is 19.0 Å². The molecular weight excluding hydrogens is 244 g/mol. The molecule has 0 aliphatic carbocycles. The Morgan fingerprint density at radius 2 is 2.16 bits per heavy atom. The van der Waals surface area contributed by atoms with E-state index in [-0.39, 0.29) is 24.4 Å². The minimum absolute atomic E-state index is 0.0547. The van der Waals surface area contributed by atoms with Crippen molar-refractivity contribution in [3.63, 3.8) is 0 Å². The van der Waals surface area contributed by atoms with E-state index in [4.69, 9.17) is 14.2 Å². The van der Waals surface area contributed by atoms with Gasteiger partial charge < -0.3 is 14.2 Å². The quantitative estimate of drug-likeness (QED) is 0.568. The Kier molecular flexibility index (Phi) is 5.76. The molecule has 19 heavy (non-hydrogen) atoms. The molecule has 0 aromatic heterocycles. The standard InChI is InChI=1S/C15H24O4/c1-6-7-11(2)14-12(3)8-9-15(18-5,19-14)10-13(16)17-4/h7-9,12,14H,6,10H2,1-5H3/b11-7+/t12-,14+,15+/m0/s1. The molecule has 0 spiro atoms. The third-order valence-corrected chi connectivity index (χ3v) is 3.40. The maximum absolute atomic E-state index is 11.5. The molecule has 0 bridgehead atoms. The van der Waals surface area contributed by atoms with Crippen molar-refractivity contribution in [3.8, 4) is 0 Å². The van der Waals surface area contributed by atoms with E-state index >= 15 is 0 Å². The Morgan fingerprint density at radius 3 is 2.68 bits per heavy atom. The number of hydrogen-bond donors (Lipinski definition) is 0. The first-order valence-corrected chi connectivity index (χ1v) is 6.63. The van der Waals surface area contributed by atoms with Crippen molar-refractivity contribution in [2.45, 2.75) is 45.5 Å². The molecule has 0 aromatic rings. The number of carbonyl (C=O) groups excluding carboxylic acids is 1. The zero-order valence-corrected chi connectivity index (χ0v) is 12.4. The molecule has 0 radical (unpaired) electrons. The predicted octanol–water partition coefficient (Wildman–Crippen LogP) is 2.84. The summed E-state index contributed by atoms with van der Waals surface area (Å²) in [5.41, 5.74) is 1.16. The van der Waals surface area contributed by atoms with E-state index < -0.39 is 5.79 Å². The van der Waals surface area contributed by atoms with E-state index in [1.165, 1.54) is 7.11 Å². The molecular formula is C15H24O4. The zero-order chi connectivity index (χ0) is 14.5. The second-order valence-corrected chi connectivity index (χ2v) is 4.88. The lowest BCUT2D eigenvalue weighted by Gasteiger charge is -2.39. The summed E-state index contributed by atoms with van der Waals surface area (Å²) in [5.74, 6) is -1.12. The monoisotopic (exact) mass is 268 g/mol. The van der Waals surface area contributed by atoms with E-state index in [0.29, 0.717) is 0 Å². The number of methoxy groups -OCH3 is 2. The first kappa shape index (κ1) is 15.9. The molecule has 0 saturated carbocycles. The van der Waals surface area contributed by atoms with Gasteiger partial charge in [0.1, 0.15) is 6.42 Å². The van der Waals surface area contributed by atoms with Crippen molar-refractivity contribution in [1.29, 1.82) is 0 Å². The molecule has 108 valence electrons. The van der Waals surface area contributed by atoms with Crippen molar-refractivity contribution in [2.24, 2.45) is 5.92 Å². The van der Waals surface area contributed by atoms with Crippen LogP contribution in [0.4, 0.5) is 0 Å². The molecule has 0 fully saturated rings. The van der Waals surface area contributed by atoms with E-state index in [1.807, 2.05) is 19.1 Å². The first-order chi connectivity index (χ1) is 8.98. The van der Waals surface area contributed by atoms with Crippen LogP contribution in [0.3, 0.4) is 0 Å². The topological polar surface area (TPSA) is 44.8 Å². The van der Waals surface area contributed by atoms with E-state index in [9.17, 15) is 4.79 Å². The van der Waals surface area contributed by atoms with Crippen LogP contribution >= 0.6 is 0 Å². The van der Waals surface area contributed by atoms with Gasteiger partial charge >= 0.3 is 5.97 Å². The summed E-state index contributed by atoms with van der Waals surface area (Å²) >= 11 is 0. The highest BCUT2D eigenvalue weighted by Crippen LogP contribution is 2.33. The molecule has 4 nitrogen and oxygen atoms in total. The van der Waals surface area contributed by atoms with Gasteiger partial charge in [0.2, 0.25) is 0 Å². The summed E-state index contributed by atoms with van der Waals surface area (Å²) in [6, 6.07) is 0. The number of ether oxygens (including phenoxy) is 3. The van der Waals surface area contributed by atoms with Crippen LogP contribution in [0.2, 0.25) is 0 Å². The number of carbonyl (C=O) groups is 1. The second-order valence-electron chi connectivity index (χ2n) is 4.88. The number of hydrogen-bond acceptors (Lipinski definition) is 4. The smallest absolute Gasteiger partial charge is 0.311 e. The zero-order valence-electron chi connectivity index (χ0n) is 12.4. The van der Waals surface area contributed by atoms with Crippen LogP contribution in [0.25, 0.3) is 0 Å². The van der Waals surface area contributed by atoms with Gasteiger partial charge in [0.05, 0.1) is 13.2 Å². The Hall–Kier alpha value is -1.13. The van der Waals surface area contributed by atoms with Gasteiger partial charge in [-0.1, -0.05) is 26.0 Å². The summed E-state index contributed by atoms with van der Waals surface area (Å²) in [6.45, 7) is 6.22. The molecule has 0 aromatic carbocycles. The molecule has 4 heteroatoms. The largest absolute Gasteiger partial charge is 0.469 e. The van der Waals surface area contributed by atoms with Crippen molar-refractivity contribution in [3.05, 3.63) is 23.8 Å². The van der Waals surface area contributed by atoms with Crippen LogP contribution in [-0.4, -0.2) is 32.1 Å². The van der Waals surface area contributed by atoms with E-state index in [2.05, 4.69) is 19.9 Å². The van der Waals surface area contributed by atoms with E-state index in [0.717, 1.165) is 12.0 Å². The fourth-order valence-electron chi connectivity index (χ4n) is 2.27. The highest BCUT2D eigenvalue weighted by molar-refractivity contribution is 5.70. The van der Waals surface area contributed by atoms with Crippen LogP contribution in [0.1, 0.15) is 33.6 Å². The summed E-state index contributed by atoms with van der Waals surface area (Å²) in [6.07, 6.45) is 6.92. The van der Waals surface area contributed by atoms with Crippen LogP contribution in [0, 0.1) is 5.92 Å². The van der Waals surface area contributed by atoms with Crippen molar-refractivity contribution >= 4 is 5.97 Å². The number of allylic oxidation sites excluding steroid dienone is 1. The lowest BCUT2D eigenvalue weighted by Crippen LogP contribution is -2.44. The molecule has 0 saturated heterocycles. The lowest BCUT2D eigenvalue weighted by atomic mass is 9.92. The second kappa shape index (κ2) is 6.87. The summed E-state index contributed by atoms with van der Waals surface area (Å²) in [5, 5.41) is 0. The Morgan fingerprint density at radius 1 is 1.47 bits per heavy atom. The fraction of sp³-hybridized carbons (Fsp3) is 0.667. The van der Waals surface area contributed by atoms with Crippen LogP contribution in [-0.2, 0) is 19.0 Å². The van der Waals surface area contributed by atoms with Crippen LogP contribution < -0.4 is 0 Å². The molecule has 3 atom stereocenters. The van der Waals surface area contributed by atoms with Crippen LogP contribution in [0.15, 0.2) is 23.8 Å². The third-order valence-electron chi connectivity index (χ3n) is 3.40. The molecule has 1 aliphatic rings. The minimum atomic E-state index is -1.02. The average molecular weight is 268 g/mol. The van der Waals surface area contributed by atoms with E-state index in [1.54, 1.807) is 7.11 Å². The third kappa shape index (κ3) is 3.91. The Balaban J connectivity index is 2.94. The van der Waals surface area contributed by atoms with Gasteiger partial charge in [-0.25, -0.2) is 0 Å². The molecule has 0 N–H and O–H groups in total. The maximum Gasteiger partial charge on any atom is 0.311 e. The predicted molar refractivity (Wildman–Crippen MR) is 73.6 cm³/mol. The van der Waals surface area contributed by atoms with Gasteiger partial charge in [-0.2, -0.15) is 0 Å².